The van der Waals surface area contributed by atoms with Gasteiger partial charge in [0.2, 0.25) is 0 Å². The van der Waals surface area contributed by atoms with E-state index in [1.807, 2.05) is 12.1 Å². The van der Waals surface area contributed by atoms with Gasteiger partial charge in [-0.25, -0.2) is 0 Å². The SMILES string of the molecule is COCCCNCc1ccc(COC)o1. The third-order valence-corrected chi connectivity index (χ3v) is 2.01. The van der Waals surface area contributed by atoms with Crippen molar-refractivity contribution in [3.63, 3.8) is 0 Å². The van der Waals surface area contributed by atoms with Crippen molar-refractivity contribution >= 4 is 0 Å². The molecule has 1 heterocycles. The van der Waals surface area contributed by atoms with E-state index in [9.17, 15) is 0 Å². The molecule has 0 amide bonds. The van der Waals surface area contributed by atoms with E-state index in [2.05, 4.69) is 5.32 Å². The smallest absolute Gasteiger partial charge is 0.129 e. The molecule has 1 N–H and O–H groups in total. The summed E-state index contributed by atoms with van der Waals surface area (Å²) in [6.07, 6.45) is 1.02. The van der Waals surface area contributed by atoms with Gasteiger partial charge in [-0.3, -0.25) is 0 Å². The molecule has 0 atom stereocenters. The van der Waals surface area contributed by atoms with Gasteiger partial charge in [0.1, 0.15) is 18.1 Å². The average molecular weight is 213 g/mol. The van der Waals surface area contributed by atoms with Gasteiger partial charge in [-0.1, -0.05) is 0 Å². The van der Waals surface area contributed by atoms with E-state index >= 15 is 0 Å². The zero-order chi connectivity index (χ0) is 10.9. The fraction of sp³-hybridized carbons (Fsp3) is 0.636. The molecular formula is C11H19NO3. The molecule has 1 aromatic heterocycles. The monoisotopic (exact) mass is 213 g/mol. The molecule has 0 saturated carbocycles. The molecule has 0 aliphatic rings. The van der Waals surface area contributed by atoms with Crippen molar-refractivity contribution in [1.82, 2.24) is 5.32 Å². The molecule has 0 fully saturated rings. The Morgan fingerprint density at radius 3 is 2.73 bits per heavy atom. The topological polar surface area (TPSA) is 43.6 Å². The molecule has 4 heteroatoms. The van der Waals surface area contributed by atoms with Crippen LogP contribution in [0.25, 0.3) is 0 Å². The lowest BCUT2D eigenvalue weighted by Gasteiger charge is -2.01. The van der Waals surface area contributed by atoms with Crippen LogP contribution in [-0.2, 0) is 22.6 Å². The summed E-state index contributed by atoms with van der Waals surface area (Å²) in [5.41, 5.74) is 0. The van der Waals surface area contributed by atoms with Gasteiger partial charge < -0.3 is 19.2 Å². The lowest BCUT2D eigenvalue weighted by Crippen LogP contribution is -2.15. The van der Waals surface area contributed by atoms with Crippen LogP contribution in [0.1, 0.15) is 17.9 Å². The van der Waals surface area contributed by atoms with Crippen molar-refractivity contribution in [2.24, 2.45) is 0 Å². The summed E-state index contributed by atoms with van der Waals surface area (Å²) in [6.45, 7) is 3.02. The van der Waals surface area contributed by atoms with E-state index in [-0.39, 0.29) is 0 Å². The predicted octanol–water partition coefficient (Wildman–Crippen LogP) is 1.55. The van der Waals surface area contributed by atoms with E-state index in [1.165, 1.54) is 0 Å². The summed E-state index contributed by atoms with van der Waals surface area (Å²) < 4.78 is 15.4. The first-order chi connectivity index (χ1) is 7.36. The number of hydrogen-bond acceptors (Lipinski definition) is 4. The van der Waals surface area contributed by atoms with Gasteiger partial charge in [-0.15, -0.1) is 0 Å². The number of nitrogens with one attached hydrogen (secondary N) is 1. The van der Waals surface area contributed by atoms with Crippen molar-refractivity contribution in [3.8, 4) is 0 Å². The van der Waals surface area contributed by atoms with E-state index in [1.54, 1.807) is 14.2 Å². The van der Waals surface area contributed by atoms with Crippen LogP contribution in [0.2, 0.25) is 0 Å². The molecule has 1 aromatic rings. The Morgan fingerprint density at radius 2 is 2.00 bits per heavy atom. The number of ether oxygens (including phenoxy) is 2. The highest BCUT2D eigenvalue weighted by Gasteiger charge is 2.00. The summed E-state index contributed by atoms with van der Waals surface area (Å²) in [6, 6.07) is 3.91. The molecule has 0 aliphatic heterocycles. The Hall–Kier alpha value is -0.840. The van der Waals surface area contributed by atoms with E-state index in [4.69, 9.17) is 13.9 Å². The van der Waals surface area contributed by atoms with Crippen LogP contribution in [0.5, 0.6) is 0 Å². The van der Waals surface area contributed by atoms with Gasteiger partial charge in [0.25, 0.3) is 0 Å². The number of hydrogen-bond donors (Lipinski definition) is 1. The minimum Gasteiger partial charge on any atom is -0.462 e. The zero-order valence-electron chi connectivity index (χ0n) is 9.41. The fourth-order valence-electron chi connectivity index (χ4n) is 1.29. The van der Waals surface area contributed by atoms with Crippen LogP contribution in [0.4, 0.5) is 0 Å². The highest BCUT2D eigenvalue weighted by atomic mass is 16.5. The van der Waals surface area contributed by atoms with Crippen LogP contribution in [0.15, 0.2) is 16.5 Å². The van der Waals surface area contributed by atoms with E-state index in [0.717, 1.165) is 37.6 Å². The van der Waals surface area contributed by atoms with E-state index < -0.39 is 0 Å². The first-order valence-corrected chi connectivity index (χ1v) is 5.13. The Labute approximate surface area is 90.6 Å². The van der Waals surface area contributed by atoms with Gasteiger partial charge in [0.15, 0.2) is 0 Å². The Balaban J connectivity index is 2.14. The molecule has 1 rings (SSSR count). The molecule has 86 valence electrons. The van der Waals surface area contributed by atoms with E-state index in [0.29, 0.717) is 6.61 Å². The molecule has 0 aliphatic carbocycles. The number of rotatable bonds is 8. The first kappa shape index (κ1) is 12.2. The maximum Gasteiger partial charge on any atom is 0.129 e. The standard InChI is InChI=1S/C11H19NO3/c1-13-7-3-6-12-8-10-4-5-11(15-10)9-14-2/h4-5,12H,3,6-9H2,1-2H3. The van der Waals surface area contributed by atoms with Crippen molar-refractivity contribution in [3.05, 3.63) is 23.7 Å². The lowest BCUT2D eigenvalue weighted by atomic mass is 10.4. The molecule has 0 unspecified atom stereocenters. The minimum absolute atomic E-state index is 0.531. The largest absolute Gasteiger partial charge is 0.462 e. The Morgan fingerprint density at radius 1 is 1.20 bits per heavy atom. The Bertz CT molecular complexity index is 260. The van der Waals surface area contributed by atoms with Gasteiger partial charge >= 0.3 is 0 Å². The van der Waals surface area contributed by atoms with Crippen molar-refractivity contribution in [2.75, 3.05) is 27.4 Å². The lowest BCUT2D eigenvalue weighted by molar-refractivity contribution is 0.162. The molecular weight excluding hydrogens is 194 g/mol. The van der Waals surface area contributed by atoms with Gasteiger partial charge in [0, 0.05) is 20.8 Å². The maximum absolute atomic E-state index is 5.51. The number of methoxy groups -OCH3 is 2. The molecule has 0 radical (unpaired) electrons. The van der Waals surface area contributed by atoms with Crippen molar-refractivity contribution < 1.29 is 13.9 Å². The molecule has 0 saturated heterocycles. The van der Waals surface area contributed by atoms with Crippen LogP contribution in [-0.4, -0.2) is 27.4 Å². The molecule has 0 spiro atoms. The van der Waals surface area contributed by atoms with Gasteiger partial charge in [-0.05, 0) is 25.1 Å². The maximum atomic E-state index is 5.51. The van der Waals surface area contributed by atoms with Gasteiger partial charge in [-0.2, -0.15) is 0 Å². The van der Waals surface area contributed by atoms with Crippen LogP contribution >= 0.6 is 0 Å². The highest BCUT2D eigenvalue weighted by molar-refractivity contribution is 5.06. The normalized spacial score (nSPS) is 10.8. The molecule has 0 aromatic carbocycles. The highest BCUT2D eigenvalue weighted by Crippen LogP contribution is 2.08. The third kappa shape index (κ3) is 4.97. The van der Waals surface area contributed by atoms with Crippen molar-refractivity contribution in [1.29, 1.82) is 0 Å². The summed E-state index contributed by atoms with van der Waals surface area (Å²) in [4.78, 5) is 0. The summed E-state index contributed by atoms with van der Waals surface area (Å²) in [5, 5.41) is 3.28. The van der Waals surface area contributed by atoms with Crippen LogP contribution < -0.4 is 5.32 Å². The second kappa shape index (κ2) is 7.45. The second-order valence-corrected chi connectivity index (χ2v) is 3.32. The first-order valence-electron chi connectivity index (χ1n) is 5.13. The minimum atomic E-state index is 0.531. The Kier molecular flexibility index (Phi) is 6.08. The second-order valence-electron chi connectivity index (χ2n) is 3.32. The fourth-order valence-corrected chi connectivity index (χ4v) is 1.29. The zero-order valence-corrected chi connectivity index (χ0v) is 9.41. The number of furan rings is 1. The molecule has 0 bridgehead atoms. The van der Waals surface area contributed by atoms with Crippen molar-refractivity contribution in [2.45, 2.75) is 19.6 Å². The van der Waals surface area contributed by atoms with Gasteiger partial charge in [0.05, 0.1) is 6.54 Å². The average Bonchev–Trinajstić information content (AvgIpc) is 2.66. The molecule has 4 nitrogen and oxygen atoms in total. The molecule has 15 heavy (non-hydrogen) atoms. The third-order valence-electron chi connectivity index (χ3n) is 2.01. The van der Waals surface area contributed by atoms with Crippen LogP contribution in [0, 0.1) is 0 Å². The summed E-state index contributed by atoms with van der Waals surface area (Å²) >= 11 is 0. The summed E-state index contributed by atoms with van der Waals surface area (Å²) in [5.74, 6) is 1.81. The van der Waals surface area contributed by atoms with Crippen LogP contribution in [0.3, 0.4) is 0 Å². The summed E-state index contributed by atoms with van der Waals surface area (Å²) in [7, 11) is 3.37. The predicted molar refractivity (Wildman–Crippen MR) is 57.6 cm³/mol. The quantitative estimate of drug-likeness (QED) is 0.665.